The summed E-state index contributed by atoms with van der Waals surface area (Å²) in [5.74, 6) is -0.107. The molecule has 1 aliphatic carbocycles. The summed E-state index contributed by atoms with van der Waals surface area (Å²) in [4.78, 5) is 22.4. The van der Waals surface area contributed by atoms with E-state index in [1.54, 1.807) is 0 Å². The fourth-order valence-electron chi connectivity index (χ4n) is 3.09. The zero-order chi connectivity index (χ0) is 12.2. The minimum atomic E-state index is -0.371. The van der Waals surface area contributed by atoms with Crippen molar-refractivity contribution in [2.24, 2.45) is 22.8 Å². The van der Waals surface area contributed by atoms with Gasteiger partial charge in [0.15, 0.2) is 0 Å². The third kappa shape index (κ3) is 2.54. The molecule has 0 radical (unpaired) electrons. The Balaban J connectivity index is 2.65. The summed E-state index contributed by atoms with van der Waals surface area (Å²) in [5, 5.41) is 0. The van der Waals surface area contributed by atoms with Crippen molar-refractivity contribution in [3.05, 3.63) is 0 Å². The van der Waals surface area contributed by atoms with Crippen molar-refractivity contribution in [1.82, 2.24) is 0 Å². The van der Waals surface area contributed by atoms with E-state index in [1.165, 1.54) is 0 Å². The van der Waals surface area contributed by atoms with E-state index in [4.69, 9.17) is 11.5 Å². The molecule has 2 unspecified atom stereocenters. The summed E-state index contributed by atoms with van der Waals surface area (Å²) >= 11 is 0. The summed E-state index contributed by atoms with van der Waals surface area (Å²) in [6.07, 6.45) is 5.75. The van der Waals surface area contributed by atoms with E-state index in [2.05, 4.69) is 6.92 Å². The predicted molar refractivity (Wildman–Crippen MR) is 62.3 cm³/mol. The van der Waals surface area contributed by atoms with Crippen molar-refractivity contribution in [2.45, 2.75) is 51.9 Å². The van der Waals surface area contributed by atoms with Gasteiger partial charge in [0, 0.05) is 6.42 Å². The topological polar surface area (TPSA) is 86.2 Å². The fraction of sp³-hybridized carbons (Fsp3) is 0.833. The number of hydrogen-bond acceptors (Lipinski definition) is 2. The molecule has 1 saturated carbocycles. The Kier molecular flexibility index (Phi) is 4.33. The van der Waals surface area contributed by atoms with Gasteiger partial charge >= 0.3 is 0 Å². The molecular formula is C12H22N2O2. The molecule has 0 aromatic carbocycles. The molecule has 2 atom stereocenters. The van der Waals surface area contributed by atoms with Crippen LogP contribution in [0, 0.1) is 11.3 Å². The molecule has 1 aliphatic rings. The highest BCUT2D eigenvalue weighted by Gasteiger charge is 2.45. The lowest BCUT2D eigenvalue weighted by Gasteiger charge is -2.32. The Morgan fingerprint density at radius 3 is 2.56 bits per heavy atom. The molecule has 0 aromatic heterocycles. The minimum absolute atomic E-state index is 0.193. The summed E-state index contributed by atoms with van der Waals surface area (Å²) in [7, 11) is 0. The average Bonchev–Trinajstić information content (AvgIpc) is 2.61. The van der Waals surface area contributed by atoms with Crippen LogP contribution < -0.4 is 11.5 Å². The first kappa shape index (κ1) is 13.0. The van der Waals surface area contributed by atoms with Gasteiger partial charge in [-0.3, -0.25) is 9.59 Å². The number of amides is 2. The quantitative estimate of drug-likeness (QED) is 0.715. The maximum Gasteiger partial charge on any atom is 0.223 e. The van der Waals surface area contributed by atoms with Crippen LogP contribution in [0.1, 0.15) is 51.9 Å². The molecule has 16 heavy (non-hydrogen) atoms. The zero-order valence-electron chi connectivity index (χ0n) is 10.00. The lowest BCUT2D eigenvalue weighted by atomic mass is 9.72. The number of carbonyl (C=O) groups is 2. The van der Waals surface area contributed by atoms with Crippen molar-refractivity contribution in [2.75, 3.05) is 0 Å². The smallest absolute Gasteiger partial charge is 0.223 e. The maximum absolute atomic E-state index is 11.7. The summed E-state index contributed by atoms with van der Waals surface area (Å²) in [5.41, 5.74) is 10.3. The molecule has 0 aliphatic heterocycles. The van der Waals surface area contributed by atoms with Crippen molar-refractivity contribution < 1.29 is 9.59 Å². The largest absolute Gasteiger partial charge is 0.370 e. The van der Waals surface area contributed by atoms with E-state index in [9.17, 15) is 9.59 Å². The highest BCUT2D eigenvalue weighted by atomic mass is 16.1. The second kappa shape index (κ2) is 5.32. The van der Waals surface area contributed by atoms with Crippen LogP contribution in [-0.2, 0) is 9.59 Å². The van der Waals surface area contributed by atoms with E-state index in [0.29, 0.717) is 25.2 Å². The van der Waals surface area contributed by atoms with E-state index in [-0.39, 0.29) is 17.2 Å². The maximum atomic E-state index is 11.7. The molecule has 0 saturated heterocycles. The third-order valence-electron chi connectivity index (χ3n) is 3.99. The monoisotopic (exact) mass is 226 g/mol. The van der Waals surface area contributed by atoms with Crippen molar-refractivity contribution in [3.8, 4) is 0 Å². The molecule has 4 nitrogen and oxygen atoms in total. The zero-order valence-corrected chi connectivity index (χ0v) is 10.00. The second-order valence-electron chi connectivity index (χ2n) is 4.84. The average molecular weight is 226 g/mol. The van der Waals surface area contributed by atoms with E-state index >= 15 is 0 Å². The van der Waals surface area contributed by atoms with Gasteiger partial charge in [0.05, 0.1) is 5.41 Å². The third-order valence-corrected chi connectivity index (χ3v) is 3.99. The molecule has 0 aromatic rings. The fourth-order valence-corrected chi connectivity index (χ4v) is 3.09. The molecule has 4 N–H and O–H groups in total. The molecule has 1 fully saturated rings. The number of nitrogens with two attached hydrogens (primary N) is 2. The van der Waals surface area contributed by atoms with Gasteiger partial charge in [0.25, 0.3) is 0 Å². The highest BCUT2D eigenvalue weighted by Crippen LogP contribution is 2.48. The van der Waals surface area contributed by atoms with Crippen molar-refractivity contribution in [1.29, 1.82) is 0 Å². The SMILES string of the molecule is CCC1CCCC1(CCCC(N)=O)C(N)=O. The Hall–Kier alpha value is -1.06. The van der Waals surface area contributed by atoms with Crippen molar-refractivity contribution in [3.63, 3.8) is 0 Å². The predicted octanol–water partition coefficient (Wildman–Crippen LogP) is 1.32. The Bertz CT molecular complexity index is 278. The Morgan fingerprint density at radius 2 is 2.06 bits per heavy atom. The first-order valence-electron chi connectivity index (χ1n) is 6.11. The number of hydrogen-bond donors (Lipinski definition) is 2. The number of primary amides is 2. The standard InChI is InChI=1S/C12H22N2O2/c1-2-9-5-3-7-12(9,11(14)16)8-4-6-10(13)15/h9H,2-8H2,1H3,(H2,13,15)(H2,14,16). The van der Waals surface area contributed by atoms with Crippen LogP contribution in [0.5, 0.6) is 0 Å². The van der Waals surface area contributed by atoms with Gasteiger partial charge in [-0.15, -0.1) is 0 Å². The van der Waals surface area contributed by atoms with Crippen LogP contribution in [0.25, 0.3) is 0 Å². The van der Waals surface area contributed by atoms with Gasteiger partial charge in [0.1, 0.15) is 0 Å². The molecule has 4 heteroatoms. The van der Waals surface area contributed by atoms with Gasteiger partial charge in [-0.25, -0.2) is 0 Å². The van der Waals surface area contributed by atoms with Gasteiger partial charge in [-0.1, -0.05) is 19.8 Å². The first-order valence-corrected chi connectivity index (χ1v) is 6.11. The highest BCUT2D eigenvalue weighted by molar-refractivity contribution is 5.81. The lowest BCUT2D eigenvalue weighted by Crippen LogP contribution is -2.40. The second-order valence-corrected chi connectivity index (χ2v) is 4.84. The summed E-state index contributed by atoms with van der Waals surface area (Å²) in [6, 6.07) is 0. The van der Waals surface area contributed by atoms with Gasteiger partial charge < -0.3 is 11.5 Å². The van der Waals surface area contributed by atoms with Gasteiger partial charge in [-0.05, 0) is 31.6 Å². The van der Waals surface area contributed by atoms with Crippen LogP contribution in [0.15, 0.2) is 0 Å². The first-order chi connectivity index (χ1) is 7.53. The van der Waals surface area contributed by atoms with Crippen LogP contribution >= 0.6 is 0 Å². The molecule has 0 spiro atoms. The molecule has 0 bridgehead atoms. The van der Waals surface area contributed by atoms with Crippen LogP contribution in [0.4, 0.5) is 0 Å². The number of rotatable bonds is 6. The number of carbonyl (C=O) groups excluding carboxylic acids is 2. The molecule has 0 heterocycles. The van der Waals surface area contributed by atoms with Crippen LogP contribution in [0.3, 0.4) is 0 Å². The molecule has 1 rings (SSSR count). The minimum Gasteiger partial charge on any atom is -0.370 e. The van der Waals surface area contributed by atoms with Gasteiger partial charge in [0.2, 0.25) is 11.8 Å². The Morgan fingerprint density at radius 1 is 1.38 bits per heavy atom. The lowest BCUT2D eigenvalue weighted by molar-refractivity contribution is -0.131. The van der Waals surface area contributed by atoms with Crippen LogP contribution in [0.2, 0.25) is 0 Å². The summed E-state index contributed by atoms with van der Waals surface area (Å²) in [6.45, 7) is 2.10. The normalized spacial score (nSPS) is 29.2. The van der Waals surface area contributed by atoms with Crippen LogP contribution in [-0.4, -0.2) is 11.8 Å². The molecule has 2 amide bonds. The van der Waals surface area contributed by atoms with E-state index < -0.39 is 0 Å². The van der Waals surface area contributed by atoms with Gasteiger partial charge in [-0.2, -0.15) is 0 Å². The van der Waals surface area contributed by atoms with E-state index in [0.717, 1.165) is 25.7 Å². The molecular weight excluding hydrogens is 204 g/mol. The molecule has 92 valence electrons. The summed E-state index contributed by atoms with van der Waals surface area (Å²) < 4.78 is 0. The Labute approximate surface area is 96.8 Å². The van der Waals surface area contributed by atoms with Crippen molar-refractivity contribution >= 4 is 11.8 Å². The van der Waals surface area contributed by atoms with E-state index in [1.807, 2.05) is 0 Å².